The normalized spacial score (nSPS) is 16.8. The minimum absolute atomic E-state index is 0.108. The van der Waals surface area contributed by atoms with Crippen molar-refractivity contribution in [2.75, 3.05) is 26.4 Å². The maximum atomic E-state index is 13.3. The van der Waals surface area contributed by atoms with Crippen LogP contribution in [0.1, 0.15) is 41.7 Å². The third-order valence-electron chi connectivity index (χ3n) is 8.69. The highest BCUT2D eigenvalue weighted by molar-refractivity contribution is 6.01. The molecule has 2 aliphatic rings. The van der Waals surface area contributed by atoms with Gasteiger partial charge in [-0.1, -0.05) is 12.1 Å². The van der Waals surface area contributed by atoms with Crippen molar-refractivity contribution in [1.29, 1.82) is 0 Å². The Labute approximate surface area is 243 Å². The first-order valence-electron chi connectivity index (χ1n) is 14.7. The number of hydrogen-bond acceptors (Lipinski definition) is 5. The van der Waals surface area contributed by atoms with Gasteiger partial charge in [0.05, 0.1) is 40.7 Å². The second-order valence-electron chi connectivity index (χ2n) is 11.9. The van der Waals surface area contributed by atoms with Gasteiger partial charge in [0, 0.05) is 50.0 Å². The van der Waals surface area contributed by atoms with Crippen molar-refractivity contribution < 1.29 is 13.9 Å². The van der Waals surface area contributed by atoms with Crippen LogP contribution in [0.25, 0.3) is 33.5 Å². The van der Waals surface area contributed by atoms with Crippen LogP contribution in [-0.4, -0.2) is 66.9 Å². The quantitative estimate of drug-likeness (QED) is 0.262. The zero-order valence-electron chi connectivity index (χ0n) is 24.0. The number of fused-ring (bicyclic) bond motifs is 3. The average Bonchev–Trinajstić information content (AvgIpc) is 3.36. The molecule has 1 aliphatic heterocycles. The van der Waals surface area contributed by atoms with Crippen LogP contribution in [0.15, 0.2) is 55.1 Å². The molecule has 3 aromatic heterocycles. The number of ether oxygens (including phenoxy) is 1. The molecule has 10 heteroatoms. The molecule has 7 rings (SSSR count). The Morgan fingerprint density at radius 3 is 2.83 bits per heavy atom. The van der Waals surface area contributed by atoms with Crippen molar-refractivity contribution in [3.05, 3.63) is 66.2 Å². The lowest BCUT2D eigenvalue weighted by molar-refractivity contribution is 0.0725. The monoisotopic (exact) mass is 569 g/mol. The molecule has 0 spiro atoms. The Morgan fingerprint density at radius 1 is 1.21 bits per heavy atom. The van der Waals surface area contributed by atoms with Gasteiger partial charge in [0.25, 0.3) is 5.91 Å². The Kier molecular flexibility index (Phi) is 6.73. The Balaban J connectivity index is 1.28. The summed E-state index contributed by atoms with van der Waals surface area (Å²) in [5.74, 6) is 2.24. The van der Waals surface area contributed by atoms with Gasteiger partial charge in [-0.05, 0) is 61.9 Å². The highest BCUT2D eigenvalue weighted by Crippen LogP contribution is 2.39. The third-order valence-corrected chi connectivity index (χ3v) is 8.69. The molecular weight excluding hydrogens is 533 g/mol. The summed E-state index contributed by atoms with van der Waals surface area (Å²) in [6.45, 7) is 3.65. The SMILES string of the molecule is CC(COc1cccc2cc(-c3nc4cc5c(cc4n3C)CCN(CC(N)CF)C5=O)n(CC3CC3)c12)n1ccnc1. The topological polar surface area (TPSA) is 96.1 Å². The Hall–Kier alpha value is -4.18. The number of nitrogens with two attached hydrogens (primary N) is 1. The second kappa shape index (κ2) is 10.6. The summed E-state index contributed by atoms with van der Waals surface area (Å²) < 4.78 is 26.0. The zero-order valence-corrected chi connectivity index (χ0v) is 24.0. The smallest absolute Gasteiger partial charge is 0.254 e. The van der Waals surface area contributed by atoms with Crippen LogP contribution in [0, 0.1) is 5.92 Å². The number of para-hydroxylation sites is 1. The first-order valence-corrected chi connectivity index (χ1v) is 14.7. The summed E-state index contributed by atoms with van der Waals surface area (Å²) in [5.41, 5.74) is 11.3. The summed E-state index contributed by atoms with van der Waals surface area (Å²) in [6, 6.07) is 11.9. The number of carbonyl (C=O) groups is 1. The molecule has 218 valence electrons. The number of imidazole rings is 2. The van der Waals surface area contributed by atoms with Crippen LogP contribution in [0.3, 0.4) is 0 Å². The molecule has 2 N–H and O–H groups in total. The second-order valence-corrected chi connectivity index (χ2v) is 11.9. The number of aromatic nitrogens is 5. The van der Waals surface area contributed by atoms with Gasteiger partial charge in [-0.15, -0.1) is 0 Å². The largest absolute Gasteiger partial charge is 0.489 e. The van der Waals surface area contributed by atoms with E-state index in [2.05, 4.69) is 39.2 Å². The molecule has 1 saturated carbocycles. The molecule has 9 nitrogen and oxygen atoms in total. The lowest BCUT2D eigenvalue weighted by atomic mass is 9.97. The molecule has 2 aromatic carbocycles. The Bertz CT molecular complexity index is 1770. The standard InChI is InChI=1S/C32H36FN7O2/c1-20(39-11-9-35-19-39)18-42-29-5-3-4-23-13-28(40(30(23)29)16-21-6-7-21)31-36-26-14-25-22(12-27(26)37(31)2)8-10-38(32(25)41)17-24(34)15-33/h3-5,9,11-14,19-21,24H,6-8,10,15-18,34H2,1-2H3. The van der Waals surface area contributed by atoms with Crippen molar-refractivity contribution in [1.82, 2.24) is 28.6 Å². The maximum absolute atomic E-state index is 13.3. The minimum Gasteiger partial charge on any atom is -0.489 e. The number of rotatable bonds is 10. The fourth-order valence-electron chi connectivity index (χ4n) is 6.12. The zero-order chi connectivity index (χ0) is 29.0. The van der Waals surface area contributed by atoms with Crippen molar-refractivity contribution in [2.24, 2.45) is 18.7 Å². The lowest BCUT2D eigenvalue weighted by Crippen LogP contribution is -2.45. The van der Waals surface area contributed by atoms with Crippen molar-refractivity contribution in [2.45, 2.75) is 44.8 Å². The number of benzene rings is 2. The molecular formula is C32H36FN7O2. The van der Waals surface area contributed by atoms with Crippen LogP contribution in [0.2, 0.25) is 0 Å². The summed E-state index contributed by atoms with van der Waals surface area (Å²) in [5, 5.41) is 1.11. The molecule has 4 heterocycles. The molecule has 1 aliphatic carbocycles. The summed E-state index contributed by atoms with van der Waals surface area (Å²) in [6.07, 6.45) is 8.70. The Morgan fingerprint density at radius 2 is 2.07 bits per heavy atom. The van der Waals surface area contributed by atoms with Gasteiger partial charge in [0.15, 0.2) is 5.82 Å². The van der Waals surface area contributed by atoms with E-state index in [1.165, 1.54) is 12.8 Å². The molecule has 42 heavy (non-hydrogen) atoms. The fraction of sp³-hybridized carbons (Fsp3) is 0.406. The van der Waals surface area contributed by atoms with Crippen LogP contribution in [0.4, 0.5) is 4.39 Å². The van der Waals surface area contributed by atoms with E-state index >= 15 is 0 Å². The molecule has 0 radical (unpaired) electrons. The van der Waals surface area contributed by atoms with Gasteiger partial charge in [0.1, 0.15) is 19.0 Å². The molecule has 2 unspecified atom stereocenters. The summed E-state index contributed by atoms with van der Waals surface area (Å²) in [4.78, 5) is 24.2. The van der Waals surface area contributed by atoms with Crippen LogP contribution >= 0.6 is 0 Å². The fourth-order valence-corrected chi connectivity index (χ4v) is 6.12. The highest BCUT2D eigenvalue weighted by Gasteiger charge is 2.29. The van der Waals surface area contributed by atoms with Crippen molar-refractivity contribution in [3.8, 4) is 17.3 Å². The average molecular weight is 570 g/mol. The van der Waals surface area contributed by atoms with E-state index in [-0.39, 0.29) is 18.5 Å². The highest BCUT2D eigenvalue weighted by atomic mass is 19.1. The number of aryl methyl sites for hydroxylation is 1. The van der Waals surface area contributed by atoms with E-state index in [1.807, 2.05) is 42.3 Å². The number of carbonyl (C=O) groups excluding carboxylic acids is 1. The predicted octanol–water partition coefficient (Wildman–Crippen LogP) is 4.74. The van der Waals surface area contributed by atoms with Gasteiger partial charge in [-0.25, -0.2) is 14.4 Å². The third kappa shape index (κ3) is 4.73. The first-order chi connectivity index (χ1) is 20.4. The van der Waals surface area contributed by atoms with E-state index in [4.69, 9.17) is 15.5 Å². The van der Waals surface area contributed by atoms with E-state index in [0.717, 1.165) is 51.3 Å². The van der Waals surface area contributed by atoms with Crippen LogP contribution in [-0.2, 0) is 20.0 Å². The van der Waals surface area contributed by atoms with Crippen LogP contribution < -0.4 is 10.5 Å². The van der Waals surface area contributed by atoms with E-state index in [1.54, 1.807) is 11.1 Å². The lowest BCUT2D eigenvalue weighted by Gasteiger charge is -2.30. The first kappa shape index (κ1) is 26.7. The van der Waals surface area contributed by atoms with Gasteiger partial charge in [0.2, 0.25) is 0 Å². The van der Waals surface area contributed by atoms with Crippen LogP contribution in [0.5, 0.6) is 5.75 Å². The van der Waals surface area contributed by atoms with Crippen molar-refractivity contribution in [3.63, 3.8) is 0 Å². The summed E-state index contributed by atoms with van der Waals surface area (Å²) >= 11 is 0. The molecule has 0 saturated heterocycles. The van der Waals surface area contributed by atoms with E-state index in [9.17, 15) is 9.18 Å². The predicted molar refractivity (Wildman–Crippen MR) is 160 cm³/mol. The molecule has 2 atom stereocenters. The number of amides is 1. The minimum atomic E-state index is -0.669. The summed E-state index contributed by atoms with van der Waals surface area (Å²) in [7, 11) is 2.04. The van der Waals surface area contributed by atoms with Gasteiger partial charge in [-0.2, -0.15) is 0 Å². The van der Waals surface area contributed by atoms with Gasteiger partial charge in [-0.3, -0.25) is 4.79 Å². The van der Waals surface area contributed by atoms with E-state index < -0.39 is 12.7 Å². The van der Waals surface area contributed by atoms with E-state index in [0.29, 0.717) is 31.1 Å². The molecule has 0 bridgehead atoms. The number of hydrogen-bond donors (Lipinski definition) is 1. The van der Waals surface area contributed by atoms with Gasteiger partial charge >= 0.3 is 0 Å². The number of halogens is 1. The molecule has 1 amide bonds. The van der Waals surface area contributed by atoms with Gasteiger partial charge < -0.3 is 29.1 Å². The molecule has 5 aromatic rings. The maximum Gasteiger partial charge on any atom is 0.254 e. The molecule has 1 fully saturated rings. The number of nitrogens with zero attached hydrogens (tertiary/aromatic N) is 6. The number of alkyl halides is 1. The van der Waals surface area contributed by atoms with Crippen molar-refractivity contribution >= 4 is 27.8 Å².